The first-order chi connectivity index (χ1) is 17.6. The van der Waals surface area contributed by atoms with Crippen LogP contribution in [0.25, 0.3) is 0 Å². The molecule has 1 atom stereocenters. The summed E-state index contributed by atoms with van der Waals surface area (Å²) in [6, 6.07) is 10.7. The molecule has 14 heteroatoms. The van der Waals surface area contributed by atoms with Crippen LogP contribution in [0.1, 0.15) is 28.4 Å². The SMILES string of the molecule is CC(O)(CS(=O)(=O)c1ccc(F)cc1)C(=O)Nc1ccc(C#N)c(C(F)(F)F)c1.NC(=O)c1cccnc1. The Kier molecular flexibility index (Phi) is 9.28. The third kappa shape index (κ3) is 8.08. The first-order valence-electron chi connectivity index (χ1n) is 10.4. The molecule has 200 valence electrons. The number of hydrogen-bond acceptors (Lipinski definition) is 7. The Labute approximate surface area is 214 Å². The molecule has 0 bridgehead atoms. The van der Waals surface area contributed by atoms with Gasteiger partial charge in [0.1, 0.15) is 5.82 Å². The van der Waals surface area contributed by atoms with Crippen LogP contribution in [0.3, 0.4) is 0 Å². The molecule has 0 fully saturated rings. The van der Waals surface area contributed by atoms with Gasteiger partial charge in [-0.05, 0) is 61.5 Å². The number of sulfone groups is 1. The predicted molar refractivity (Wildman–Crippen MR) is 127 cm³/mol. The van der Waals surface area contributed by atoms with Crippen LogP contribution < -0.4 is 11.1 Å². The van der Waals surface area contributed by atoms with Gasteiger partial charge in [-0.25, -0.2) is 12.8 Å². The summed E-state index contributed by atoms with van der Waals surface area (Å²) in [6.45, 7) is 0.873. The molecule has 0 spiro atoms. The molecule has 1 aromatic heterocycles. The van der Waals surface area contributed by atoms with Crippen molar-refractivity contribution < 1.29 is 40.7 Å². The average molecular weight is 553 g/mol. The van der Waals surface area contributed by atoms with Gasteiger partial charge in [-0.15, -0.1) is 0 Å². The van der Waals surface area contributed by atoms with Crippen molar-refractivity contribution in [1.82, 2.24) is 4.98 Å². The lowest BCUT2D eigenvalue weighted by Gasteiger charge is -2.22. The maximum atomic E-state index is 13.0. The molecule has 0 aliphatic heterocycles. The molecular weight excluding hydrogens is 532 g/mol. The number of halogens is 4. The van der Waals surface area contributed by atoms with Crippen LogP contribution in [0, 0.1) is 17.1 Å². The van der Waals surface area contributed by atoms with E-state index in [0.717, 1.165) is 43.3 Å². The van der Waals surface area contributed by atoms with Crippen LogP contribution >= 0.6 is 0 Å². The van der Waals surface area contributed by atoms with Crippen LogP contribution in [0.15, 0.2) is 71.9 Å². The Bertz CT molecular complexity index is 1450. The maximum Gasteiger partial charge on any atom is 0.417 e. The normalized spacial score (nSPS) is 12.8. The van der Waals surface area contributed by atoms with Crippen LogP contribution in [0.2, 0.25) is 0 Å². The largest absolute Gasteiger partial charge is 0.417 e. The number of nitrogens with one attached hydrogen (secondary N) is 1. The minimum atomic E-state index is -4.86. The zero-order valence-corrected chi connectivity index (χ0v) is 20.3. The molecule has 2 amide bonds. The number of primary amides is 1. The number of nitriles is 1. The minimum Gasteiger partial charge on any atom is -0.379 e. The second kappa shape index (κ2) is 11.8. The number of anilines is 1. The summed E-state index contributed by atoms with van der Waals surface area (Å²) in [7, 11) is -4.21. The smallest absolute Gasteiger partial charge is 0.379 e. The molecule has 1 unspecified atom stereocenters. The Morgan fingerprint density at radius 2 is 1.76 bits per heavy atom. The molecule has 2 aromatic carbocycles. The third-order valence-corrected chi connectivity index (χ3v) is 6.71. The van der Waals surface area contributed by atoms with E-state index in [4.69, 9.17) is 11.0 Å². The summed E-state index contributed by atoms with van der Waals surface area (Å²) in [6.07, 6.45) is -1.84. The van der Waals surface area contributed by atoms with Crippen molar-refractivity contribution in [2.75, 3.05) is 11.1 Å². The van der Waals surface area contributed by atoms with Crippen molar-refractivity contribution in [2.24, 2.45) is 5.73 Å². The summed E-state index contributed by atoms with van der Waals surface area (Å²) in [5, 5.41) is 21.1. The summed E-state index contributed by atoms with van der Waals surface area (Å²) >= 11 is 0. The number of benzene rings is 2. The summed E-state index contributed by atoms with van der Waals surface area (Å²) < 4.78 is 76.6. The Hall–Kier alpha value is -4.35. The van der Waals surface area contributed by atoms with Gasteiger partial charge in [-0.2, -0.15) is 18.4 Å². The van der Waals surface area contributed by atoms with E-state index in [2.05, 4.69) is 4.98 Å². The molecule has 0 aliphatic rings. The number of pyridine rings is 1. The van der Waals surface area contributed by atoms with Gasteiger partial charge >= 0.3 is 6.18 Å². The van der Waals surface area contributed by atoms with Crippen molar-refractivity contribution in [3.05, 3.63) is 89.5 Å². The summed E-state index contributed by atoms with van der Waals surface area (Å²) in [4.78, 5) is 26.0. The zero-order valence-electron chi connectivity index (χ0n) is 19.5. The highest BCUT2D eigenvalue weighted by atomic mass is 32.2. The van der Waals surface area contributed by atoms with E-state index in [1.807, 2.05) is 5.32 Å². The van der Waals surface area contributed by atoms with E-state index in [1.165, 1.54) is 12.3 Å². The van der Waals surface area contributed by atoms with E-state index in [1.54, 1.807) is 18.3 Å². The van der Waals surface area contributed by atoms with Gasteiger partial charge in [0, 0.05) is 18.1 Å². The summed E-state index contributed by atoms with van der Waals surface area (Å²) in [5.74, 6) is -3.50. The summed E-state index contributed by atoms with van der Waals surface area (Å²) in [5.41, 5.74) is 0.514. The molecule has 0 saturated heterocycles. The van der Waals surface area contributed by atoms with Crippen LogP contribution in [-0.4, -0.2) is 41.7 Å². The lowest BCUT2D eigenvalue weighted by atomic mass is 10.1. The van der Waals surface area contributed by atoms with Gasteiger partial charge in [0.25, 0.3) is 5.91 Å². The van der Waals surface area contributed by atoms with E-state index in [-0.39, 0.29) is 10.6 Å². The molecule has 0 aliphatic carbocycles. The number of hydrogen-bond donors (Lipinski definition) is 3. The fraction of sp³-hybridized carbons (Fsp3) is 0.167. The second-order valence-corrected chi connectivity index (χ2v) is 9.91. The fourth-order valence-electron chi connectivity index (χ4n) is 2.89. The first-order valence-corrected chi connectivity index (χ1v) is 12.1. The minimum absolute atomic E-state index is 0.343. The van der Waals surface area contributed by atoms with E-state index in [0.29, 0.717) is 11.6 Å². The van der Waals surface area contributed by atoms with E-state index in [9.17, 15) is 40.7 Å². The lowest BCUT2D eigenvalue weighted by molar-refractivity contribution is -0.137. The zero-order chi connectivity index (χ0) is 28.7. The average Bonchev–Trinajstić information content (AvgIpc) is 2.84. The van der Waals surface area contributed by atoms with Crippen molar-refractivity contribution in [3.8, 4) is 6.07 Å². The highest BCUT2D eigenvalue weighted by Crippen LogP contribution is 2.33. The molecule has 0 saturated carbocycles. The number of rotatable bonds is 6. The van der Waals surface area contributed by atoms with Crippen LogP contribution in [-0.2, 0) is 20.8 Å². The van der Waals surface area contributed by atoms with Gasteiger partial charge in [0.05, 0.1) is 33.4 Å². The number of aromatic nitrogens is 1. The predicted octanol–water partition coefficient (Wildman–Crippen LogP) is 3.06. The van der Waals surface area contributed by atoms with Crippen LogP contribution in [0.5, 0.6) is 0 Å². The fourth-order valence-corrected chi connectivity index (χ4v) is 4.48. The van der Waals surface area contributed by atoms with E-state index >= 15 is 0 Å². The Morgan fingerprint density at radius 3 is 2.24 bits per heavy atom. The number of aliphatic hydroxyl groups is 1. The molecule has 38 heavy (non-hydrogen) atoms. The van der Waals surface area contributed by atoms with Gasteiger partial charge in [-0.3, -0.25) is 14.6 Å². The van der Waals surface area contributed by atoms with Crippen molar-refractivity contribution in [1.29, 1.82) is 5.26 Å². The number of nitrogens with zero attached hydrogens (tertiary/aromatic N) is 2. The molecular formula is C24H20F4N4O5S. The van der Waals surface area contributed by atoms with Crippen LogP contribution in [0.4, 0.5) is 23.2 Å². The van der Waals surface area contributed by atoms with Crippen molar-refractivity contribution >= 4 is 27.3 Å². The number of amides is 2. The maximum absolute atomic E-state index is 13.0. The van der Waals surface area contributed by atoms with Gasteiger partial charge in [0.15, 0.2) is 15.4 Å². The van der Waals surface area contributed by atoms with Crippen molar-refractivity contribution in [3.63, 3.8) is 0 Å². The molecule has 0 radical (unpaired) electrons. The molecule has 9 nitrogen and oxygen atoms in total. The van der Waals surface area contributed by atoms with Gasteiger partial charge in [0.2, 0.25) is 5.91 Å². The third-order valence-electron chi connectivity index (χ3n) is 4.78. The lowest BCUT2D eigenvalue weighted by Crippen LogP contribution is -2.45. The highest BCUT2D eigenvalue weighted by Gasteiger charge is 2.38. The number of nitrogens with two attached hydrogens (primary N) is 1. The number of alkyl halides is 3. The Morgan fingerprint density at radius 1 is 1.13 bits per heavy atom. The quantitative estimate of drug-likeness (QED) is 0.313. The second-order valence-electron chi connectivity index (χ2n) is 7.92. The standard InChI is InChI=1S/C18H14F4N2O4S.C6H6N2O/c1-17(26,10-29(27,28)14-6-3-12(19)4-7-14)16(25)24-13-5-2-11(9-23)15(8-13)18(20,21)22;7-6(9)5-2-1-3-8-4-5/h2-8,26H,10H2,1H3,(H,24,25);1-4H,(H2,7,9). The number of carbonyl (C=O) groups excluding carboxylic acids is 2. The molecule has 4 N–H and O–H groups in total. The Balaban J connectivity index is 0.000000474. The molecule has 3 aromatic rings. The monoisotopic (exact) mass is 552 g/mol. The molecule has 3 rings (SSSR count). The van der Waals surface area contributed by atoms with Crippen molar-refractivity contribution in [2.45, 2.75) is 23.6 Å². The van der Waals surface area contributed by atoms with Gasteiger partial charge in [-0.1, -0.05) is 0 Å². The molecule has 1 heterocycles. The van der Waals surface area contributed by atoms with Gasteiger partial charge < -0.3 is 16.2 Å². The first kappa shape index (κ1) is 29.9. The number of carbonyl (C=O) groups is 2. The highest BCUT2D eigenvalue weighted by molar-refractivity contribution is 7.91. The van der Waals surface area contributed by atoms with E-state index < -0.39 is 56.1 Å². The topological polar surface area (TPSA) is 163 Å².